The molecule has 0 aliphatic carbocycles. The Kier molecular flexibility index (Phi) is 8.99. The lowest BCUT2D eigenvalue weighted by molar-refractivity contribution is -0.140. The van der Waals surface area contributed by atoms with Crippen molar-refractivity contribution >= 4 is 35.0 Å². The second-order valence-corrected chi connectivity index (χ2v) is 8.07. The minimum absolute atomic E-state index is 0.111. The summed E-state index contributed by atoms with van der Waals surface area (Å²) in [5, 5.41) is 3.80. The Morgan fingerprint density at radius 3 is 2.48 bits per heavy atom. The Labute approximate surface area is 183 Å². The standard InChI is InChI=1S/C23H28Cl2N2O2/c1-4-5-11-26-23(29)17(3)27(15-19-9-10-20(24)21(25)13-19)22(28)14-18-8-6-7-16(2)12-18/h6-10,12-13,17H,4-5,11,14-15H2,1-3H3,(H,26,29). The summed E-state index contributed by atoms with van der Waals surface area (Å²) in [6.07, 6.45) is 2.13. The van der Waals surface area contributed by atoms with Gasteiger partial charge in [-0.15, -0.1) is 0 Å². The Morgan fingerprint density at radius 1 is 1.07 bits per heavy atom. The number of carbonyl (C=O) groups is 2. The van der Waals surface area contributed by atoms with Gasteiger partial charge in [-0.2, -0.15) is 0 Å². The largest absolute Gasteiger partial charge is 0.354 e. The molecule has 29 heavy (non-hydrogen) atoms. The van der Waals surface area contributed by atoms with E-state index >= 15 is 0 Å². The Morgan fingerprint density at radius 2 is 1.83 bits per heavy atom. The number of nitrogens with one attached hydrogen (secondary N) is 1. The molecule has 0 fully saturated rings. The monoisotopic (exact) mass is 434 g/mol. The topological polar surface area (TPSA) is 49.4 Å². The van der Waals surface area contributed by atoms with Crippen LogP contribution in [0.25, 0.3) is 0 Å². The second kappa shape index (κ2) is 11.2. The van der Waals surface area contributed by atoms with E-state index in [0.29, 0.717) is 16.6 Å². The number of rotatable bonds is 9. The zero-order valence-electron chi connectivity index (χ0n) is 17.2. The average Bonchev–Trinajstić information content (AvgIpc) is 2.68. The van der Waals surface area contributed by atoms with Crippen LogP contribution < -0.4 is 5.32 Å². The van der Waals surface area contributed by atoms with Crippen molar-refractivity contribution in [3.8, 4) is 0 Å². The number of hydrogen-bond donors (Lipinski definition) is 1. The third-order valence-electron chi connectivity index (χ3n) is 4.77. The van der Waals surface area contributed by atoms with Gasteiger partial charge < -0.3 is 10.2 Å². The molecule has 0 aliphatic rings. The molecule has 1 unspecified atom stereocenters. The van der Waals surface area contributed by atoms with Crippen LogP contribution in [0.5, 0.6) is 0 Å². The van der Waals surface area contributed by atoms with Crippen molar-refractivity contribution in [1.82, 2.24) is 10.2 Å². The first-order valence-corrected chi connectivity index (χ1v) is 10.6. The molecule has 0 radical (unpaired) electrons. The van der Waals surface area contributed by atoms with Crippen LogP contribution in [0.1, 0.15) is 43.4 Å². The van der Waals surface area contributed by atoms with Crippen LogP contribution in [0.3, 0.4) is 0 Å². The lowest BCUT2D eigenvalue weighted by atomic mass is 10.1. The summed E-state index contributed by atoms with van der Waals surface area (Å²) in [5.74, 6) is -0.268. The zero-order chi connectivity index (χ0) is 21.4. The van der Waals surface area contributed by atoms with Gasteiger partial charge in [-0.05, 0) is 43.5 Å². The maximum absolute atomic E-state index is 13.1. The molecule has 2 rings (SSSR count). The highest BCUT2D eigenvalue weighted by atomic mass is 35.5. The number of aryl methyl sites for hydroxylation is 1. The molecule has 0 aromatic heterocycles. The van der Waals surface area contributed by atoms with Crippen LogP contribution in [-0.2, 0) is 22.6 Å². The van der Waals surface area contributed by atoms with Gasteiger partial charge in [-0.1, -0.05) is 72.4 Å². The van der Waals surface area contributed by atoms with E-state index in [4.69, 9.17) is 23.2 Å². The molecule has 2 amide bonds. The fourth-order valence-corrected chi connectivity index (χ4v) is 3.37. The maximum atomic E-state index is 13.1. The van der Waals surface area contributed by atoms with Gasteiger partial charge in [0.05, 0.1) is 16.5 Å². The summed E-state index contributed by atoms with van der Waals surface area (Å²) in [4.78, 5) is 27.4. The van der Waals surface area contributed by atoms with Crippen molar-refractivity contribution in [1.29, 1.82) is 0 Å². The predicted molar refractivity (Wildman–Crippen MR) is 119 cm³/mol. The molecule has 0 spiro atoms. The van der Waals surface area contributed by atoms with Gasteiger partial charge in [-0.25, -0.2) is 0 Å². The lowest BCUT2D eigenvalue weighted by Gasteiger charge is -2.29. The van der Waals surface area contributed by atoms with Crippen LogP contribution in [0.4, 0.5) is 0 Å². The molecule has 1 N–H and O–H groups in total. The number of nitrogens with zero attached hydrogens (tertiary/aromatic N) is 1. The number of carbonyl (C=O) groups excluding carboxylic acids is 2. The molecule has 6 heteroatoms. The van der Waals surface area contributed by atoms with Crippen molar-refractivity contribution in [2.24, 2.45) is 0 Å². The molecule has 156 valence electrons. The lowest BCUT2D eigenvalue weighted by Crippen LogP contribution is -2.48. The first-order valence-electron chi connectivity index (χ1n) is 9.88. The highest BCUT2D eigenvalue weighted by Crippen LogP contribution is 2.24. The van der Waals surface area contributed by atoms with Gasteiger partial charge >= 0.3 is 0 Å². The minimum Gasteiger partial charge on any atom is -0.354 e. The van der Waals surface area contributed by atoms with E-state index < -0.39 is 6.04 Å². The number of unbranched alkanes of at least 4 members (excludes halogenated alkanes) is 1. The van der Waals surface area contributed by atoms with E-state index in [1.165, 1.54) is 0 Å². The maximum Gasteiger partial charge on any atom is 0.242 e. The van der Waals surface area contributed by atoms with Crippen molar-refractivity contribution < 1.29 is 9.59 Å². The Bertz CT molecular complexity index is 855. The zero-order valence-corrected chi connectivity index (χ0v) is 18.7. The number of benzene rings is 2. The molecule has 0 saturated heterocycles. The van der Waals surface area contributed by atoms with Gasteiger partial charge in [-0.3, -0.25) is 9.59 Å². The van der Waals surface area contributed by atoms with Crippen LogP contribution in [0.15, 0.2) is 42.5 Å². The van der Waals surface area contributed by atoms with Gasteiger partial charge in [0.25, 0.3) is 0 Å². The third-order valence-corrected chi connectivity index (χ3v) is 5.51. The first-order chi connectivity index (χ1) is 13.8. The van der Waals surface area contributed by atoms with Gasteiger partial charge in [0.1, 0.15) is 6.04 Å². The fourth-order valence-electron chi connectivity index (χ4n) is 3.05. The van der Waals surface area contributed by atoms with Crippen LogP contribution in [0.2, 0.25) is 10.0 Å². The first kappa shape index (κ1) is 23.2. The second-order valence-electron chi connectivity index (χ2n) is 7.26. The number of hydrogen-bond acceptors (Lipinski definition) is 2. The van der Waals surface area contributed by atoms with Gasteiger partial charge in [0.2, 0.25) is 11.8 Å². The van der Waals surface area contributed by atoms with E-state index in [9.17, 15) is 9.59 Å². The molecule has 2 aromatic carbocycles. The molecular weight excluding hydrogens is 407 g/mol. The molecule has 0 aliphatic heterocycles. The summed E-state index contributed by atoms with van der Waals surface area (Å²) >= 11 is 12.1. The van der Waals surface area contributed by atoms with Crippen LogP contribution >= 0.6 is 23.2 Å². The molecular formula is C23H28Cl2N2O2. The normalized spacial score (nSPS) is 11.8. The summed E-state index contributed by atoms with van der Waals surface area (Å²) in [5.41, 5.74) is 2.84. The number of amides is 2. The van der Waals surface area contributed by atoms with E-state index in [2.05, 4.69) is 12.2 Å². The summed E-state index contributed by atoms with van der Waals surface area (Å²) < 4.78 is 0. The molecule has 2 aromatic rings. The Balaban J connectivity index is 2.21. The quantitative estimate of drug-likeness (QED) is 0.552. The van der Waals surface area contributed by atoms with Crippen molar-refractivity contribution in [3.63, 3.8) is 0 Å². The number of halogens is 2. The Hall–Kier alpha value is -2.04. The highest BCUT2D eigenvalue weighted by Gasteiger charge is 2.26. The summed E-state index contributed by atoms with van der Waals surface area (Å²) in [6, 6.07) is 12.5. The molecule has 0 saturated carbocycles. The van der Waals surface area contributed by atoms with E-state index in [1.807, 2.05) is 37.3 Å². The minimum atomic E-state index is -0.599. The van der Waals surface area contributed by atoms with Crippen molar-refractivity contribution in [2.75, 3.05) is 6.54 Å². The third kappa shape index (κ3) is 7.06. The van der Waals surface area contributed by atoms with Gasteiger partial charge in [0.15, 0.2) is 0 Å². The predicted octanol–water partition coefficient (Wildman–Crippen LogP) is 5.18. The summed E-state index contributed by atoms with van der Waals surface area (Å²) in [7, 11) is 0. The molecule has 0 bridgehead atoms. The molecule has 1 atom stereocenters. The van der Waals surface area contributed by atoms with Gasteiger partial charge in [0, 0.05) is 13.1 Å². The average molecular weight is 435 g/mol. The molecule has 0 heterocycles. The van der Waals surface area contributed by atoms with E-state index in [-0.39, 0.29) is 24.8 Å². The molecule has 4 nitrogen and oxygen atoms in total. The van der Waals surface area contributed by atoms with Crippen LogP contribution in [-0.4, -0.2) is 29.3 Å². The fraction of sp³-hybridized carbons (Fsp3) is 0.391. The van der Waals surface area contributed by atoms with E-state index in [0.717, 1.165) is 29.5 Å². The smallest absolute Gasteiger partial charge is 0.242 e. The SMILES string of the molecule is CCCCNC(=O)C(C)N(Cc1ccc(Cl)c(Cl)c1)C(=O)Cc1cccc(C)c1. The van der Waals surface area contributed by atoms with Crippen molar-refractivity contribution in [2.45, 2.75) is 52.6 Å². The van der Waals surface area contributed by atoms with E-state index in [1.54, 1.807) is 24.0 Å². The van der Waals surface area contributed by atoms with Crippen molar-refractivity contribution in [3.05, 3.63) is 69.2 Å². The van der Waals surface area contributed by atoms with Crippen LogP contribution in [0, 0.1) is 6.92 Å². The highest BCUT2D eigenvalue weighted by molar-refractivity contribution is 6.42. The summed E-state index contributed by atoms with van der Waals surface area (Å²) in [6.45, 7) is 6.70.